The molecular weight excluding hydrogens is 366 g/mol. The van der Waals surface area contributed by atoms with Crippen molar-refractivity contribution in [1.29, 1.82) is 0 Å². The van der Waals surface area contributed by atoms with E-state index in [0.717, 1.165) is 28.4 Å². The fourth-order valence-electron chi connectivity index (χ4n) is 3.27. The smallest absolute Gasteiger partial charge is 0.278 e. The summed E-state index contributed by atoms with van der Waals surface area (Å²) in [7, 11) is 3.34. The van der Waals surface area contributed by atoms with Gasteiger partial charge < -0.3 is 4.90 Å². The Morgan fingerprint density at radius 2 is 1.96 bits per heavy atom. The Morgan fingerprint density at radius 3 is 2.59 bits per heavy atom. The standard InChI is InChI=1S/C18H31N5O3S/c1-14-7-6-10-19-17(14)13-22(4)18(24)11-15-8-9-16(23(15)5)12-20-27(25,26)21(2)3/h6-7,10,15-16,20H,8-9,11-13H2,1-5H3/t15-,16+/m1/s1. The first-order valence-electron chi connectivity index (χ1n) is 9.15. The first kappa shape index (κ1) is 21.7. The van der Waals surface area contributed by atoms with Gasteiger partial charge in [0.2, 0.25) is 5.91 Å². The van der Waals surface area contributed by atoms with E-state index in [1.165, 1.54) is 14.1 Å². The molecule has 1 fully saturated rings. The molecule has 0 aliphatic carbocycles. The number of likely N-dealkylation sites (tertiary alicyclic amines) is 1. The number of carbonyl (C=O) groups is 1. The number of aromatic nitrogens is 1. The predicted molar refractivity (Wildman–Crippen MR) is 105 cm³/mol. The third-order valence-electron chi connectivity index (χ3n) is 5.31. The lowest BCUT2D eigenvalue weighted by Gasteiger charge is -2.27. The lowest BCUT2D eigenvalue weighted by Crippen LogP contribution is -2.45. The van der Waals surface area contributed by atoms with E-state index in [0.29, 0.717) is 19.5 Å². The van der Waals surface area contributed by atoms with Gasteiger partial charge in [-0.05, 0) is 38.4 Å². The zero-order valence-corrected chi connectivity index (χ0v) is 17.7. The lowest BCUT2D eigenvalue weighted by molar-refractivity contribution is -0.131. The minimum atomic E-state index is -3.43. The minimum Gasteiger partial charge on any atom is -0.340 e. The van der Waals surface area contributed by atoms with Crippen LogP contribution in [0.2, 0.25) is 0 Å². The average Bonchev–Trinajstić information content (AvgIpc) is 2.95. The van der Waals surface area contributed by atoms with Gasteiger partial charge in [-0.2, -0.15) is 12.7 Å². The molecule has 0 saturated carbocycles. The van der Waals surface area contributed by atoms with Gasteiger partial charge >= 0.3 is 0 Å². The zero-order valence-electron chi connectivity index (χ0n) is 16.8. The maximum atomic E-state index is 12.6. The van der Waals surface area contributed by atoms with Gasteiger partial charge in [-0.15, -0.1) is 0 Å². The summed E-state index contributed by atoms with van der Waals surface area (Å²) in [6.07, 6.45) is 3.92. The molecule has 1 aromatic rings. The quantitative estimate of drug-likeness (QED) is 0.694. The van der Waals surface area contributed by atoms with Gasteiger partial charge in [-0.1, -0.05) is 6.07 Å². The highest BCUT2D eigenvalue weighted by Gasteiger charge is 2.33. The first-order valence-corrected chi connectivity index (χ1v) is 10.6. The molecule has 1 aromatic heterocycles. The molecule has 0 radical (unpaired) electrons. The fourth-order valence-corrected chi connectivity index (χ4v) is 3.93. The summed E-state index contributed by atoms with van der Waals surface area (Å²) in [6, 6.07) is 4.10. The van der Waals surface area contributed by atoms with E-state index in [9.17, 15) is 13.2 Å². The number of nitrogens with zero attached hydrogens (tertiary/aromatic N) is 4. The first-order chi connectivity index (χ1) is 12.6. The average molecular weight is 398 g/mol. The number of likely N-dealkylation sites (N-methyl/N-ethyl adjacent to an activating group) is 1. The second-order valence-corrected chi connectivity index (χ2v) is 9.38. The van der Waals surface area contributed by atoms with E-state index in [1.54, 1.807) is 18.1 Å². The second kappa shape index (κ2) is 9.09. The van der Waals surface area contributed by atoms with Crippen molar-refractivity contribution in [3.63, 3.8) is 0 Å². The van der Waals surface area contributed by atoms with E-state index >= 15 is 0 Å². The Kier molecular flexibility index (Phi) is 7.32. The van der Waals surface area contributed by atoms with E-state index in [-0.39, 0.29) is 18.0 Å². The van der Waals surface area contributed by atoms with Gasteiger partial charge in [0.1, 0.15) is 0 Å². The number of amides is 1. The van der Waals surface area contributed by atoms with Crippen LogP contribution in [0, 0.1) is 6.92 Å². The van der Waals surface area contributed by atoms with Crippen molar-refractivity contribution in [3.8, 4) is 0 Å². The van der Waals surface area contributed by atoms with Crippen LogP contribution in [0.3, 0.4) is 0 Å². The molecule has 1 saturated heterocycles. The number of hydrogen-bond acceptors (Lipinski definition) is 5. The van der Waals surface area contributed by atoms with Gasteiger partial charge in [-0.25, -0.2) is 4.72 Å². The van der Waals surface area contributed by atoms with Gasteiger partial charge in [0.05, 0.1) is 12.2 Å². The molecule has 0 unspecified atom stereocenters. The molecule has 9 heteroatoms. The summed E-state index contributed by atoms with van der Waals surface area (Å²) < 4.78 is 27.5. The van der Waals surface area contributed by atoms with Crippen molar-refractivity contribution in [3.05, 3.63) is 29.6 Å². The second-order valence-electron chi connectivity index (χ2n) is 7.41. The van der Waals surface area contributed by atoms with Crippen molar-refractivity contribution in [1.82, 2.24) is 23.8 Å². The van der Waals surface area contributed by atoms with Crippen LogP contribution in [-0.4, -0.2) is 80.2 Å². The minimum absolute atomic E-state index is 0.0754. The van der Waals surface area contributed by atoms with Crippen LogP contribution in [0.15, 0.2) is 18.3 Å². The van der Waals surface area contributed by atoms with Crippen LogP contribution in [0.5, 0.6) is 0 Å². The largest absolute Gasteiger partial charge is 0.340 e. The molecule has 0 aromatic carbocycles. The number of carbonyl (C=O) groups excluding carboxylic acids is 1. The maximum Gasteiger partial charge on any atom is 0.278 e. The highest BCUT2D eigenvalue weighted by atomic mass is 32.2. The molecule has 2 heterocycles. The van der Waals surface area contributed by atoms with Crippen LogP contribution in [0.25, 0.3) is 0 Å². The third kappa shape index (κ3) is 5.71. The van der Waals surface area contributed by atoms with Crippen molar-refractivity contribution in [2.24, 2.45) is 0 Å². The Balaban J connectivity index is 1.86. The summed E-state index contributed by atoms with van der Waals surface area (Å²) >= 11 is 0. The highest BCUT2D eigenvalue weighted by molar-refractivity contribution is 7.87. The molecule has 0 spiro atoms. The lowest BCUT2D eigenvalue weighted by atomic mass is 10.1. The molecule has 8 nitrogen and oxygen atoms in total. The van der Waals surface area contributed by atoms with Crippen molar-refractivity contribution >= 4 is 16.1 Å². The number of aryl methyl sites for hydroxylation is 1. The highest BCUT2D eigenvalue weighted by Crippen LogP contribution is 2.25. The predicted octanol–water partition coefficient (Wildman–Crippen LogP) is 0.597. The molecule has 2 atom stereocenters. The van der Waals surface area contributed by atoms with Crippen LogP contribution in [-0.2, 0) is 21.5 Å². The Bertz CT molecular complexity index is 753. The molecule has 152 valence electrons. The Labute approximate surface area is 162 Å². The van der Waals surface area contributed by atoms with Gasteiger partial charge in [0, 0.05) is 52.4 Å². The topological polar surface area (TPSA) is 85.8 Å². The van der Waals surface area contributed by atoms with Gasteiger partial charge in [0.15, 0.2) is 0 Å². The van der Waals surface area contributed by atoms with Crippen LogP contribution in [0.1, 0.15) is 30.5 Å². The summed E-state index contributed by atoms with van der Waals surface area (Å²) in [5, 5.41) is 0. The van der Waals surface area contributed by atoms with Crippen LogP contribution >= 0.6 is 0 Å². The Morgan fingerprint density at radius 1 is 1.30 bits per heavy atom. The maximum absolute atomic E-state index is 12.6. The summed E-state index contributed by atoms with van der Waals surface area (Å²) in [5.74, 6) is 0.0754. The normalized spacial score (nSPS) is 21.0. The van der Waals surface area contributed by atoms with Crippen molar-refractivity contribution in [2.75, 3.05) is 34.7 Å². The molecule has 0 bridgehead atoms. The number of pyridine rings is 1. The SMILES string of the molecule is Cc1cccnc1CN(C)C(=O)C[C@H]1CC[C@@H](CNS(=O)(=O)N(C)C)N1C. The third-order valence-corrected chi connectivity index (χ3v) is 6.80. The molecule has 1 aliphatic rings. The van der Waals surface area contributed by atoms with E-state index in [2.05, 4.69) is 14.6 Å². The summed E-state index contributed by atoms with van der Waals surface area (Å²) in [6.45, 7) is 2.84. The van der Waals surface area contributed by atoms with E-state index < -0.39 is 10.2 Å². The van der Waals surface area contributed by atoms with Crippen LogP contribution < -0.4 is 4.72 Å². The Hall–Kier alpha value is -1.55. The molecular formula is C18H31N5O3S. The molecule has 1 aliphatic heterocycles. The number of nitrogens with one attached hydrogen (secondary N) is 1. The van der Waals surface area contributed by atoms with E-state index in [4.69, 9.17) is 0 Å². The molecule has 2 rings (SSSR count). The summed E-state index contributed by atoms with van der Waals surface area (Å²) in [4.78, 5) is 20.8. The van der Waals surface area contributed by atoms with E-state index in [1.807, 2.05) is 26.1 Å². The van der Waals surface area contributed by atoms with Gasteiger partial charge in [0.25, 0.3) is 10.2 Å². The monoisotopic (exact) mass is 397 g/mol. The summed E-state index contributed by atoms with van der Waals surface area (Å²) in [5.41, 5.74) is 1.98. The molecule has 1 N–H and O–H groups in total. The van der Waals surface area contributed by atoms with Gasteiger partial charge in [-0.3, -0.25) is 14.7 Å². The molecule has 27 heavy (non-hydrogen) atoms. The molecule has 1 amide bonds. The van der Waals surface area contributed by atoms with Crippen molar-refractivity contribution in [2.45, 2.75) is 44.8 Å². The van der Waals surface area contributed by atoms with Crippen LogP contribution in [0.4, 0.5) is 0 Å². The number of hydrogen-bond donors (Lipinski definition) is 1. The van der Waals surface area contributed by atoms with Crippen molar-refractivity contribution < 1.29 is 13.2 Å². The number of rotatable bonds is 8. The fraction of sp³-hybridized carbons (Fsp3) is 0.667. The zero-order chi connectivity index (χ0) is 20.2.